The Morgan fingerprint density at radius 2 is 1.78 bits per heavy atom. The third kappa shape index (κ3) is 5.38. The van der Waals surface area contributed by atoms with Gasteiger partial charge in [-0.25, -0.2) is 13.1 Å². The van der Waals surface area contributed by atoms with Gasteiger partial charge in [0.2, 0.25) is 15.9 Å². The molecule has 1 aliphatic rings. The lowest BCUT2D eigenvalue weighted by molar-refractivity contribution is -0.117. The highest BCUT2D eigenvalue weighted by molar-refractivity contribution is 7.91. The van der Waals surface area contributed by atoms with Crippen molar-refractivity contribution in [1.82, 2.24) is 10.0 Å². The van der Waals surface area contributed by atoms with Crippen LogP contribution in [0.15, 0.2) is 40.6 Å². The largest absolute Gasteiger partial charge is 0.351 e. The smallest absolute Gasteiger partial charge is 0.251 e. The lowest BCUT2D eigenvalue weighted by Gasteiger charge is -2.08. The Morgan fingerprint density at radius 1 is 1.07 bits per heavy atom. The summed E-state index contributed by atoms with van der Waals surface area (Å²) < 4.78 is 26.9. The SMILES string of the molecule is Cc1ccc(S(=O)(=O)NCCNC(=O)c2ccc(NC(=O)C3CC3)cc2)s1. The molecule has 0 radical (unpaired) electrons. The third-order valence-corrected chi connectivity index (χ3v) is 7.00. The molecule has 0 unspecified atom stereocenters. The summed E-state index contributed by atoms with van der Waals surface area (Å²) in [7, 11) is -3.54. The van der Waals surface area contributed by atoms with Crippen molar-refractivity contribution in [2.45, 2.75) is 24.0 Å². The van der Waals surface area contributed by atoms with Crippen LogP contribution in [-0.2, 0) is 14.8 Å². The second kappa shape index (κ2) is 8.20. The van der Waals surface area contributed by atoms with Gasteiger partial charge in [-0.15, -0.1) is 11.3 Å². The van der Waals surface area contributed by atoms with Crippen LogP contribution >= 0.6 is 11.3 Å². The first-order chi connectivity index (χ1) is 12.8. The Labute approximate surface area is 162 Å². The summed E-state index contributed by atoms with van der Waals surface area (Å²) in [4.78, 5) is 24.7. The maximum absolute atomic E-state index is 12.1. The molecule has 1 fully saturated rings. The minimum Gasteiger partial charge on any atom is -0.351 e. The average Bonchev–Trinajstić information content (AvgIpc) is 3.40. The molecule has 0 aliphatic heterocycles. The van der Waals surface area contributed by atoms with Crippen LogP contribution in [0.1, 0.15) is 28.1 Å². The summed E-state index contributed by atoms with van der Waals surface area (Å²) in [5, 5.41) is 5.48. The molecule has 1 aromatic carbocycles. The van der Waals surface area contributed by atoms with Crippen molar-refractivity contribution in [3.63, 3.8) is 0 Å². The molecule has 1 saturated carbocycles. The van der Waals surface area contributed by atoms with Gasteiger partial charge >= 0.3 is 0 Å². The number of aryl methyl sites for hydroxylation is 1. The van der Waals surface area contributed by atoms with E-state index in [0.717, 1.165) is 17.7 Å². The molecular weight excluding hydrogens is 386 g/mol. The molecule has 3 N–H and O–H groups in total. The molecule has 3 rings (SSSR count). The van der Waals surface area contributed by atoms with E-state index < -0.39 is 10.0 Å². The van der Waals surface area contributed by atoms with Gasteiger partial charge in [0, 0.05) is 35.1 Å². The highest BCUT2D eigenvalue weighted by Crippen LogP contribution is 2.30. The van der Waals surface area contributed by atoms with Gasteiger partial charge in [-0.1, -0.05) is 0 Å². The van der Waals surface area contributed by atoms with Gasteiger partial charge in [0.05, 0.1) is 0 Å². The Bertz CT molecular complexity index is 932. The van der Waals surface area contributed by atoms with Gasteiger partial charge in [-0.05, 0) is 56.2 Å². The topological polar surface area (TPSA) is 104 Å². The maximum atomic E-state index is 12.1. The van der Waals surface area contributed by atoms with Crippen molar-refractivity contribution in [3.8, 4) is 0 Å². The number of rotatable bonds is 8. The lowest BCUT2D eigenvalue weighted by Crippen LogP contribution is -2.34. The normalized spacial score (nSPS) is 14.0. The second-order valence-electron chi connectivity index (χ2n) is 6.36. The van der Waals surface area contributed by atoms with Crippen LogP contribution in [0, 0.1) is 12.8 Å². The zero-order valence-electron chi connectivity index (χ0n) is 14.8. The van der Waals surface area contributed by atoms with Crippen LogP contribution in [0.25, 0.3) is 0 Å². The van der Waals surface area contributed by atoms with Gasteiger partial charge < -0.3 is 10.6 Å². The first-order valence-corrected chi connectivity index (χ1v) is 10.9. The van der Waals surface area contributed by atoms with Crippen molar-refractivity contribution in [2.24, 2.45) is 5.92 Å². The van der Waals surface area contributed by atoms with Crippen LogP contribution in [-0.4, -0.2) is 33.3 Å². The van der Waals surface area contributed by atoms with Gasteiger partial charge in [0.15, 0.2) is 0 Å². The monoisotopic (exact) mass is 407 g/mol. The van der Waals surface area contributed by atoms with Gasteiger partial charge in [0.1, 0.15) is 4.21 Å². The Kier molecular flexibility index (Phi) is 5.93. The Balaban J connectivity index is 1.44. The van der Waals surface area contributed by atoms with E-state index >= 15 is 0 Å². The number of sulfonamides is 1. The van der Waals surface area contributed by atoms with E-state index in [2.05, 4.69) is 15.4 Å². The number of thiophene rings is 1. The van der Waals surface area contributed by atoms with Gasteiger partial charge in [-0.2, -0.15) is 0 Å². The standard InChI is InChI=1S/C18H21N3O4S2/c1-12-2-9-16(26-12)27(24,25)20-11-10-19-17(22)13-5-7-15(8-6-13)21-18(23)14-3-4-14/h2,5-9,14,20H,3-4,10-11H2,1H3,(H,19,22)(H,21,23). The summed E-state index contributed by atoms with van der Waals surface area (Å²) in [5.74, 6) is -0.170. The van der Waals surface area contributed by atoms with E-state index in [0.29, 0.717) is 11.3 Å². The van der Waals surface area contributed by atoms with Crippen LogP contribution in [0.2, 0.25) is 0 Å². The molecule has 0 saturated heterocycles. The molecule has 9 heteroatoms. The molecular formula is C18H21N3O4S2. The van der Waals surface area contributed by atoms with Crippen LogP contribution < -0.4 is 15.4 Å². The number of hydrogen-bond acceptors (Lipinski definition) is 5. The third-order valence-electron chi connectivity index (χ3n) is 4.05. The molecule has 2 aromatic rings. The summed E-state index contributed by atoms with van der Waals surface area (Å²) in [5.41, 5.74) is 1.10. The van der Waals surface area contributed by atoms with E-state index in [1.807, 2.05) is 6.92 Å². The van der Waals surface area contributed by atoms with Crippen molar-refractivity contribution < 1.29 is 18.0 Å². The van der Waals surface area contributed by atoms with Gasteiger partial charge in [0.25, 0.3) is 5.91 Å². The molecule has 2 amide bonds. The van der Waals surface area contributed by atoms with Crippen molar-refractivity contribution in [2.75, 3.05) is 18.4 Å². The van der Waals surface area contributed by atoms with Gasteiger partial charge in [-0.3, -0.25) is 9.59 Å². The molecule has 0 bridgehead atoms. The zero-order valence-corrected chi connectivity index (χ0v) is 16.5. The fraction of sp³-hybridized carbons (Fsp3) is 0.333. The quantitative estimate of drug-likeness (QED) is 0.583. The summed E-state index contributed by atoms with van der Waals surface area (Å²) in [6, 6.07) is 9.91. The average molecular weight is 408 g/mol. The number of anilines is 1. The number of hydrogen-bond donors (Lipinski definition) is 3. The number of benzene rings is 1. The number of carbonyl (C=O) groups is 2. The molecule has 1 aliphatic carbocycles. The fourth-order valence-corrected chi connectivity index (χ4v) is 4.75. The summed E-state index contributed by atoms with van der Waals surface area (Å²) in [6.45, 7) is 2.11. The van der Waals surface area contributed by atoms with E-state index in [1.165, 1.54) is 11.3 Å². The van der Waals surface area contributed by atoms with E-state index in [4.69, 9.17) is 0 Å². The van der Waals surface area contributed by atoms with E-state index in [-0.39, 0.29) is 35.0 Å². The first-order valence-electron chi connectivity index (χ1n) is 8.60. The molecule has 1 aromatic heterocycles. The predicted molar refractivity (Wildman–Crippen MR) is 104 cm³/mol. The number of carbonyl (C=O) groups excluding carboxylic acids is 2. The molecule has 7 nitrogen and oxygen atoms in total. The minimum atomic E-state index is -3.54. The highest BCUT2D eigenvalue weighted by Gasteiger charge is 2.29. The highest BCUT2D eigenvalue weighted by atomic mass is 32.2. The van der Waals surface area contributed by atoms with Crippen molar-refractivity contribution in [1.29, 1.82) is 0 Å². The first kappa shape index (κ1) is 19.5. The second-order valence-corrected chi connectivity index (χ2v) is 9.64. The number of nitrogens with one attached hydrogen (secondary N) is 3. The van der Waals surface area contributed by atoms with Crippen molar-refractivity contribution >= 4 is 38.9 Å². The van der Waals surface area contributed by atoms with Crippen LogP contribution in [0.4, 0.5) is 5.69 Å². The molecule has 144 valence electrons. The Hall–Kier alpha value is -2.23. The molecule has 27 heavy (non-hydrogen) atoms. The van der Waals surface area contributed by atoms with E-state index in [1.54, 1.807) is 36.4 Å². The fourth-order valence-electron chi connectivity index (χ4n) is 2.39. The summed E-state index contributed by atoms with van der Waals surface area (Å²) >= 11 is 1.20. The van der Waals surface area contributed by atoms with E-state index in [9.17, 15) is 18.0 Å². The van der Waals surface area contributed by atoms with Crippen molar-refractivity contribution in [3.05, 3.63) is 46.8 Å². The molecule has 1 heterocycles. The molecule has 0 spiro atoms. The van der Waals surface area contributed by atoms with Crippen LogP contribution in [0.3, 0.4) is 0 Å². The lowest BCUT2D eigenvalue weighted by atomic mass is 10.2. The minimum absolute atomic E-state index is 0.0143. The molecule has 0 atom stereocenters. The number of amides is 2. The maximum Gasteiger partial charge on any atom is 0.251 e. The Morgan fingerprint density at radius 3 is 2.37 bits per heavy atom. The summed E-state index contributed by atoms with van der Waals surface area (Å²) in [6.07, 6.45) is 1.87. The zero-order chi connectivity index (χ0) is 19.4. The van der Waals surface area contributed by atoms with Crippen LogP contribution in [0.5, 0.6) is 0 Å². The predicted octanol–water partition coefficient (Wildman–Crippen LogP) is 2.11.